The van der Waals surface area contributed by atoms with Crippen LogP contribution in [0.1, 0.15) is 30.0 Å². The molecule has 1 aliphatic rings. The Morgan fingerprint density at radius 3 is 2.67 bits per heavy atom. The number of hydrogen-bond donors (Lipinski definition) is 2. The number of fused-ring (bicyclic) bond motifs is 1. The molecule has 1 aliphatic heterocycles. The molecule has 1 amide bonds. The van der Waals surface area contributed by atoms with E-state index in [-0.39, 0.29) is 21.7 Å². The predicted octanol–water partition coefficient (Wildman–Crippen LogP) is 3.66. The smallest absolute Gasteiger partial charge is 0.243 e. The van der Waals surface area contributed by atoms with Gasteiger partial charge in [0.15, 0.2) is 0 Å². The van der Waals surface area contributed by atoms with Crippen LogP contribution >= 0.6 is 0 Å². The summed E-state index contributed by atoms with van der Waals surface area (Å²) in [4.78, 5) is 17.1. The van der Waals surface area contributed by atoms with Crippen molar-refractivity contribution in [3.8, 4) is 5.75 Å². The van der Waals surface area contributed by atoms with Gasteiger partial charge in [-0.15, -0.1) is 0 Å². The summed E-state index contributed by atoms with van der Waals surface area (Å²) in [5.41, 5.74) is 3.41. The van der Waals surface area contributed by atoms with Gasteiger partial charge in [-0.3, -0.25) is 9.78 Å². The maximum Gasteiger partial charge on any atom is 0.243 e. The first kappa shape index (κ1) is 22.8. The lowest BCUT2D eigenvalue weighted by molar-refractivity contribution is -0.121. The lowest BCUT2D eigenvalue weighted by Crippen LogP contribution is -2.38. The molecule has 1 aromatic heterocycles. The van der Waals surface area contributed by atoms with Gasteiger partial charge in [-0.25, -0.2) is 8.42 Å². The summed E-state index contributed by atoms with van der Waals surface area (Å²) in [5, 5.41) is 6.11. The van der Waals surface area contributed by atoms with Crippen LogP contribution in [0.25, 0.3) is 0 Å². The average molecular weight is 466 g/mol. The Morgan fingerprint density at radius 2 is 1.97 bits per heavy atom. The van der Waals surface area contributed by atoms with E-state index >= 15 is 0 Å². The van der Waals surface area contributed by atoms with Crippen LogP contribution in [0.4, 0.5) is 5.69 Å². The number of nitrogens with one attached hydrogen (secondary N) is 2. The van der Waals surface area contributed by atoms with Crippen LogP contribution in [0.3, 0.4) is 0 Å². The molecular weight excluding hydrogens is 438 g/mol. The minimum Gasteiger partial charge on any atom is -0.494 e. The van der Waals surface area contributed by atoms with Gasteiger partial charge in [0, 0.05) is 31.0 Å². The summed E-state index contributed by atoms with van der Waals surface area (Å²) in [6, 6.07) is 13.1. The zero-order valence-corrected chi connectivity index (χ0v) is 19.5. The number of rotatable bonds is 8. The highest BCUT2D eigenvalue weighted by molar-refractivity contribution is 7.91. The molecule has 0 radical (unpaired) electrons. The summed E-state index contributed by atoms with van der Waals surface area (Å²) in [7, 11) is -3.66. The normalized spacial score (nSPS) is 14.9. The molecule has 0 spiro atoms. The molecule has 1 atom stereocenters. The number of ether oxygens (including phenoxy) is 1. The van der Waals surface area contributed by atoms with E-state index < -0.39 is 9.84 Å². The number of carbonyl (C=O) groups is 1. The van der Waals surface area contributed by atoms with Gasteiger partial charge in [0.1, 0.15) is 11.8 Å². The second kappa shape index (κ2) is 9.62. The van der Waals surface area contributed by atoms with Gasteiger partial charge >= 0.3 is 0 Å². The molecular formula is C25H27N3O4S. The fourth-order valence-electron chi connectivity index (χ4n) is 3.81. The summed E-state index contributed by atoms with van der Waals surface area (Å²) in [6.07, 6.45) is 4.93. The van der Waals surface area contributed by atoms with Crippen molar-refractivity contribution in [2.75, 3.05) is 11.9 Å². The number of carbonyl (C=O) groups excluding carboxylic acids is 1. The molecule has 2 N–H and O–H groups in total. The monoisotopic (exact) mass is 465 g/mol. The van der Waals surface area contributed by atoms with Crippen molar-refractivity contribution in [2.24, 2.45) is 0 Å². The van der Waals surface area contributed by atoms with E-state index in [4.69, 9.17) is 4.74 Å². The molecule has 0 bridgehead atoms. The lowest BCUT2D eigenvalue weighted by atomic mass is 10.1. The van der Waals surface area contributed by atoms with Crippen LogP contribution in [0.5, 0.6) is 5.75 Å². The largest absolute Gasteiger partial charge is 0.494 e. The molecule has 0 fully saturated rings. The number of pyridine rings is 1. The van der Waals surface area contributed by atoms with E-state index in [1.165, 1.54) is 0 Å². The average Bonchev–Trinajstić information content (AvgIpc) is 3.26. The van der Waals surface area contributed by atoms with Gasteiger partial charge in [0.2, 0.25) is 15.7 Å². The Labute approximate surface area is 194 Å². The van der Waals surface area contributed by atoms with E-state index in [0.29, 0.717) is 30.9 Å². The second-order valence-electron chi connectivity index (χ2n) is 8.07. The van der Waals surface area contributed by atoms with Gasteiger partial charge in [-0.05, 0) is 66.4 Å². The summed E-state index contributed by atoms with van der Waals surface area (Å²) >= 11 is 0. The van der Waals surface area contributed by atoms with E-state index in [1.807, 2.05) is 13.0 Å². The van der Waals surface area contributed by atoms with Crippen molar-refractivity contribution >= 4 is 21.4 Å². The number of sulfone groups is 1. The first-order valence-corrected chi connectivity index (χ1v) is 12.4. The molecule has 33 heavy (non-hydrogen) atoms. The Morgan fingerprint density at radius 1 is 1.18 bits per heavy atom. The minimum atomic E-state index is -3.66. The van der Waals surface area contributed by atoms with Crippen molar-refractivity contribution in [2.45, 2.75) is 49.1 Å². The molecule has 4 rings (SSSR count). The third kappa shape index (κ3) is 5.01. The molecule has 172 valence electrons. The van der Waals surface area contributed by atoms with Gasteiger partial charge in [0.05, 0.1) is 16.4 Å². The highest BCUT2D eigenvalue weighted by atomic mass is 32.2. The van der Waals surface area contributed by atoms with Crippen LogP contribution in [0, 0.1) is 6.92 Å². The molecule has 0 aliphatic carbocycles. The van der Waals surface area contributed by atoms with Crippen LogP contribution < -0.4 is 15.4 Å². The Balaban J connectivity index is 1.39. The maximum absolute atomic E-state index is 13.1. The molecule has 0 saturated carbocycles. The Bertz CT molecular complexity index is 1230. The molecule has 8 heteroatoms. The number of amides is 1. The fourth-order valence-corrected chi connectivity index (χ4v) is 5.28. The van der Waals surface area contributed by atoms with E-state index in [1.54, 1.807) is 61.8 Å². The van der Waals surface area contributed by atoms with Crippen molar-refractivity contribution in [1.82, 2.24) is 10.3 Å². The Kier molecular flexibility index (Phi) is 6.65. The van der Waals surface area contributed by atoms with Gasteiger partial charge in [0.25, 0.3) is 0 Å². The molecule has 1 unspecified atom stereocenters. The summed E-state index contributed by atoms with van der Waals surface area (Å²) in [5.74, 6) is 0.555. The van der Waals surface area contributed by atoms with E-state index in [2.05, 4.69) is 15.6 Å². The van der Waals surface area contributed by atoms with Crippen LogP contribution in [0.2, 0.25) is 0 Å². The minimum absolute atomic E-state index is 0.107. The van der Waals surface area contributed by atoms with Crippen molar-refractivity contribution in [3.63, 3.8) is 0 Å². The van der Waals surface area contributed by atoms with Crippen molar-refractivity contribution in [1.29, 1.82) is 0 Å². The molecule has 3 aromatic rings. The molecule has 0 saturated heterocycles. The lowest BCUT2D eigenvalue weighted by Gasteiger charge is -2.13. The zero-order chi connectivity index (χ0) is 23.4. The van der Waals surface area contributed by atoms with Crippen LogP contribution in [-0.4, -0.2) is 32.0 Å². The second-order valence-corrected chi connectivity index (χ2v) is 9.99. The number of aromatic nitrogens is 1. The molecule has 2 aromatic carbocycles. The topological polar surface area (TPSA) is 97.4 Å². The van der Waals surface area contributed by atoms with Crippen molar-refractivity contribution < 1.29 is 17.9 Å². The fraction of sp³-hybridized carbons (Fsp3) is 0.280. The zero-order valence-electron chi connectivity index (χ0n) is 18.7. The first-order chi connectivity index (χ1) is 15.9. The highest BCUT2D eigenvalue weighted by Gasteiger charge is 2.26. The predicted molar refractivity (Wildman–Crippen MR) is 126 cm³/mol. The maximum atomic E-state index is 13.1. The third-order valence-corrected chi connectivity index (χ3v) is 7.51. The first-order valence-electron chi connectivity index (χ1n) is 10.9. The van der Waals surface area contributed by atoms with Crippen LogP contribution in [-0.2, 0) is 27.6 Å². The highest BCUT2D eigenvalue weighted by Crippen LogP contribution is 2.27. The number of hydrogen-bond acceptors (Lipinski definition) is 6. The van der Waals surface area contributed by atoms with Gasteiger partial charge in [-0.2, -0.15) is 0 Å². The van der Waals surface area contributed by atoms with Gasteiger partial charge in [-0.1, -0.05) is 19.1 Å². The van der Waals surface area contributed by atoms with E-state index in [9.17, 15) is 13.2 Å². The number of nitrogens with zero attached hydrogens (tertiary/aromatic N) is 1. The Hall–Kier alpha value is -3.39. The number of aryl methyl sites for hydroxylation is 1. The number of benzene rings is 2. The quantitative estimate of drug-likeness (QED) is 0.527. The molecule has 7 nitrogen and oxygen atoms in total. The summed E-state index contributed by atoms with van der Waals surface area (Å²) < 4.78 is 31.8. The third-order valence-electron chi connectivity index (χ3n) is 5.58. The molecule has 2 heterocycles. The van der Waals surface area contributed by atoms with Crippen molar-refractivity contribution in [3.05, 3.63) is 77.6 Å². The summed E-state index contributed by atoms with van der Waals surface area (Å²) in [6.45, 7) is 4.68. The van der Waals surface area contributed by atoms with Gasteiger partial charge < -0.3 is 15.4 Å². The SMILES string of the molecule is CCCOc1ccc(S(=O)(=O)c2ccc(CNC(=O)C3Cc4cnccc4N3)cc2)c(C)c1. The van der Waals surface area contributed by atoms with Crippen LogP contribution in [0.15, 0.2) is 70.7 Å². The number of anilines is 1. The standard InChI is InChI=1S/C25H27N3O4S/c1-3-12-32-20-6-9-24(17(2)13-20)33(30,31)21-7-4-18(5-8-21)15-27-25(29)23-14-19-16-26-11-10-22(19)28-23/h4-11,13,16,23,28H,3,12,14-15H2,1-2H3,(H,27,29). The van der Waals surface area contributed by atoms with E-state index in [0.717, 1.165) is 23.2 Å².